The van der Waals surface area contributed by atoms with Crippen molar-refractivity contribution in [1.82, 2.24) is 0 Å². The Balaban J connectivity index is 3.74. The van der Waals surface area contributed by atoms with Crippen LogP contribution in [-0.4, -0.2) is 55.3 Å². The maximum absolute atomic E-state index is 12.0. The molecule has 164 valence electrons. The molecule has 0 aromatic carbocycles. The fourth-order valence-corrected chi connectivity index (χ4v) is 3.18. The Morgan fingerprint density at radius 3 is 1.96 bits per heavy atom. The lowest BCUT2D eigenvalue weighted by Crippen LogP contribution is -2.43. The first-order chi connectivity index (χ1) is 13.2. The van der Waals surface area contributed by atoms with Crippen LogP contribution in [0.5, 0.6) is 0 Å². The molecular weight excluding hydrogens is 354 g/mol. The smallest absolute Gasteiger partial charge is 0.307 e. The molecule has 0 spiro atoms. The highest BCUT2D eigenvalue weighted by Crippen LogP contribution is 2.11. The predicted octanol–water partition coefficient (Wildman–Crippen LogP) is 5.34. The summed E-state index contributed by atoms with van der Waals surface area (Å²) in [5, 5.41) is 8.99. The van der Waals surface area contributed by atoms with Gasteiger partial charge in [-0.3, -0.25) is 9.59 Å². The molecule has 0 bridgehead atoms. The topological polar surface area (TPSA) is 63.6 Å². The molecule has 0 aliphatic carbocycles. The number of nitrogens with zero attached hydrogens (tertiary/aromatic N) is 1. The van der Waals surface area contributed by atoms with E-state index in [9.17, 15) is 9.59 Å². The molecule has 0 heterocycles. The Morgan fingerprint density at radius 2 is 1.43 bits per heavy atom. The molecule has 0 fully saturated rings. The maximum atomic E-state index is 12.0. The van der Waals surface area contributed by atoms with E-state index in [-0.39, 0.29) is 12.4 Å². The number of carbonyl (C=O) groups is 2. The summed E-state index contributed by atoms with van der Waals surface area (Å²) in [6, 6.07) is 0. The lowest BCUT2D eigenvalue weighted by molar-refractivity contribution is -0.873. The number of likely N-dealkylation sites (N-methyl/N-ethyl adjacent to an activating group) is 1. The number of hydrogen-bond acceptors (Lipinski definition) is 3. The minimum Gasteiger partial charge on any atom is -0.481 e. The van der Waals surface area contributed by atoms with Gasteiger partial charge in [0.25, 0.3) is 0 Å². The summed E-state index contributed by atoms with van der Waals surface area (Å²) < 4.78 is 5.96. The Bertz CT molecular complexity index is 440. The van der Waals surface area contributed by atoms with Crippen LogP contribution in [0.3, 0.4) is 0 Å². The van der Waals surface area contributed by atoms with Crippen LogP contribution in [0.25, 0.3) is 0 Å². The Kier molecular flexibility index (Phi) is 15.8. The highest BCUT2D eigenvalue weighted by molar-refractivity contribution is 5.71. The van der Waals surface area contributed by atoms with Crippen LogP contribution in [0.1, 0.15) is 90.4 Å². The molecule has 1 atom stereocenters. The Labute approximate surface area is 172 Å². The van der Waals surface area contributed by atoms with E-state index in [2.05, 4.69) is 19.1 Å². The van der Waals surface area contributed by atoms with E-state index in [4.69, 9.17) is 9.84 Å². The van der Waals surface area contributed by atoms with E-state index in [1.165, 1.54) is 44.9 Å². The Morgan fingerprint density at radius 1 is 0.893 bits per heavy atom. The second-order valence-electron chi connectivity index (χ2n) is 8.81. The number of quaternary nitrogens is 1. The third-order valence-corrected chi connectivity index (χ3v) is 4.59. The van der Waals surface area contributed by atoms with E-state index in [0.29, 0.717) is 17.4 Å². The lowest BCUT2D eigenvalue weighted by atomic mass is 10.1. The fourth-order valence-electron chi connectivity index (χ4n) is 3.18. The number of hydrogen-bond donors (Lipinski definition) is 1. The van der Waals surface area contributed by atoms with Crippen molar-refractivity contribution >= 4 is 11.9 Å². The molecule has 1 unspecified atom stereocenters. The minimum absolute atomic E-state index is 0.134. The van der Waals surface area contributed by atoms with Crippen molar-refractivity contribution in [2.45, 2.75) is 96.5 Å². The molecule has 0 aromatic heterocycles. The van der Waals surface area contributed by atoms with Crippen LogP contribution in [0, 0.1) is 0 Å². The number of unbranched alkanes of at least 4 members (excludes halogenated alkanes) is 9. The third kappa shape index (κ3) is 19.4. The van der Waals surface area contributed by atoms with Gasteiger partial charge in [-0.05, 0) is 32.1 Å². The van der Waals surface area contributed by atoms with Crippen LogP contribution in [0.4, 0.5) is 0 Å². The van der Waals surface area contributed by atoms with Crippen molar-refractivity contribution in [3.8, 4) is 0 Å². The summed E-state index contributed by atoms with van der Waals surface area (Å²) in [5.41, 5.74) is 0. The van der Waals surface area contributed by atoms with Gasteiger partial charge < -0.3 is 14.3 Å². The molecular formula is C23H44NO4+. The summed E-state index contributed by atoms with van der Waals surface area (Å²) in [6.07, 6.45) is 17.4. The van der Waals surface area contributed by atoms with Crippen LogP contribution in [-0.2, 0) is 14.3 Å². The standard InChI is InChI=1S/C23H43NO4/c1-5-6-7-8-9-10-11-12-13-14-15-16-17-18-23(27)28-21(19-22(25)26)20-24(2,3)4/h12-13,21H,5-11,14-20H2,1-4H3/p+1/b13-12-. The molecule has 1 N–H and O–H groups in total. The van der Waals surface area contributed by atoms with Crippen molar-refractivity contribution < 1.29 is 23.9 Å². The molecule has 0 aromatic rings. The summed E-state index contributed by atoms with van der Waals surface area (Å²) in [6.45, 7) is 2.75. The largest absolute Gasteiger partial charge is 0.481 e. The van der Waals surface area contributed by atoms with Crippen LogP contribution >= 0.6 is 0 Å². The van der Waals surface area contributed by atoms with Gasteiger partial charge in [-0.15, -0.1) is 0 Å². The molecule has 0 aliphatic heterocycles. The van der Waals surface area contributed by atoms with Crippen LogP contribution in [0.15, 0.2) is 12.2 Å². The molecule has 0 saturated heterocycles. The zero-order valence-corrected chi connectivity index (χ0v) is 18.8. The normalized spacial score (nSPS) is 13.0. The van der Waals surface area contributed by atoms with Gasteiger partial charge in [-0.1, -0.05) is 57.6 Å². The average molecular weight is 399 g/mol. The number of carbonyl (C=O) groups excluding carboxylic acids is 1. The lowest BCUT2D eigenvalue weighted by Gasteiger charge is -2.28. The summed E-state index contributed by atoms with van der Waals surface area (Å²) in [4.78, 5) is 22.9. The summed E-state index contributed by atoms with van der Waals surface area (Å²) in [7, 11) is 5.88. The van der Waals surface area contributed by atoms with E-state index in [0.717, 1.165) is 25.7 Å². The number of esters is 1. The second kappa shape index (κ2) is 16.6. The number of allylic oxidation sites excluding steroid dienone is 2. The SMILES string of the molecule is CCCCCCCC/C=C\CCCCCC(=O)OC(CC(=O)O)C[N+](C)(C)C. The monoisotopic (exact) mass is 398 g/mol. The first-order valence-corrected chi connectivity index (χ1v) is 11.1. The number of aliphatic carboxylic acids is 1. The number of rotatable bonds is 18. The van der Waals surface area contributed by atoms with Crippen molar-refractivity contribution in [2.24, 2.45) is 0 Å². The molecule has 5 heteroatoms. The van der Waals surface area contributed by atoms with Crippen molar-refractivity contribution in [3.05, 3.63) is 12.2 Å². The molecule has 28 heavy (non-hydrogen) atoms. The fraction of sp³-hybridized carbons (Fsp3) is 0.826. The molecule has 0 aliphatic rings. The minimum atomic E-state index is -0.931. The van der Waals surface area contributed by atoms with Gasteiger partial charge in [0.05, 0.1) is 27.6 Å². The van der Waals surface area contributed by atoms with E-state index < -0.39 is 12.1 Å². The van der Waals surface area contributed by atoms with Gasteiger partial charge in [0.1, 0.15) is 6.54 Å². The first kappa shape index (κ1) is 26.6. The van der Waals surface area contributed by atoms with Gasteiger partial charge in [0.2, 0.25) is 0 Å². The Hall–Kier alpha value is -1.36. The van der Waals surface area contributed by atoms with E-state index >= 15 is 0 Å². The molecule has 5 nitrogen and oxygen atoms in total. The highest BCUT2D eigenvalue weighted by atomic mass is 16.5. The van der Waals surface area contributed by atoms with Crippen LogP contribution in [0.2, 0.25) is 0 Å². The maximum Gasteiger partial charge on any atom is 0.307 e. The molecule has 0 rings (SSSR count). The summed E-state index contributed by atoms with van der Waals surface area (Å²) in [5.74, 6) is -1.21. The van der Waals surface area contributed by atoms with E-state index in [1.54, 1.807) is 0 Å². The average Bonchev–Trinajstić information content (AvgIpc) is 2.56. The van der Waals surface area contributed by atoms with Gasteiger partial charge >= 0.3 is 11.9 Å². The van der Waals surface area contributed by atoms with Crippen LogP contribution < -0.4 is 0 Å². The molecule has 0 amide bonds. The van der Waals surface area contributed by atoms with Crippen molar-refractivity contribution in [1.29, 1.82) is 0 Å². The zero-order chi connectivity index (χ0) is 21.3. The van der Waals surface area contributed by atoms with Crippen molar-refractivity contribution in [3.63, 3.8) is 0 Å². The van der Waals surface area contributed by atoms with E-state index in [1.807, 2.05) is 21.1 Å². The second-order valence-corrected chi connectivity index (χ2v) is 8.81. The van der Waals surface area contributed by atoms with Crippen molar-refractivity contribution in [2.75, 3.05) is 27.7 Å². The van der Waals surface area contributed by atoms with Gasteiger partial charge in [0.15, 0.2) is 6.10 Å². The first-order valence-electron chi connectivity index (χ1n) is 11.1. The molecule has 0 saturated carbocycles. The zero-order valence-electron chi connectivity index (χ0n) is 18.8. The highest BCUT2D eigenvalue weighted by Gasteiger charge is 2.24. The quantitative estimate of drug-likeness (QED) is 0.147. The third-order valence-electron chi connectivity index (χ3n) is 4.59. The van der Waals surface area contributed by atoms with Gasteiger partial charge in [0, 0.05) is 6.42 Å². The van der Waals surface area contributed by atoms with Gasteiger partial charge in [-0.2, -0.15) is 0 Å². The van der Waals surface area contributed by atoms with Gasteiger partial charge in [-0.25, -0.2) is 0 Å². The number of carboxylic acids is 1. The molecule has 0 radical (unpaired) electrons. The summed E-state index contributed by atoms with van der Waals surface area (Å²) >= 11 is 0. The number of ether oxygens (including phenoxy) is 1. The number of carboxylic acid groups (broad SMARTS) is 1. The predicted molar refractivity (Wildman–Crippen MR) is 115 cm³/mol.